The average molecular weight is 356 g/mol. The molecule has 0 aromatic heterocycles. The lowest BCUT2D eigenvalue weighted by Gasteiger charge is -2.08. The van der Waals surface area contributed by atoms with E-state index in [0.717, 1.165) is 10.0 Å². The molecule has 0 saturated carbocycles. The van der Waals surface area contributed by atoms with E-state index in [4.69, 9.17) is 11.6 Å². The Bertz CT molecular complexity index is 634. The predicted octanol–water partition coefficient (Wildman–Crippen LogP) is 4.30. The first-order chi connectivity index (χ1) is 9.58. The quantitative estimate of drug-likeness (QED) is 0.642. The summed E-state index contributed by atoms with van der Waals surface area (Å²) in [5, 5.41) is 14.5. The first kappa shape index (κ1) is 15.0. The fourth-order valence-corrected chi connectivity index (χ4v) is 2.39. The van der Waals surface area contributed by atoms with Gasteiger partial charge < -0.3 is 5.32 Å². The van der Waals surface area contributed by atoms with Crippen molar-refractivity contribution in [2.24, 2.45) is 0 Å². The number of benzene rings is 2. The number of hydrogen-bond acceptors (Lipinski definition) is 3. The summed E-state index contributed by atoms with van der Waals surface area (Å²) in [6.45, 7) is 1.13. The van der Waals surface area contributed by atoms with Gasteiger partial charge in [0.1, 0.15) is 0 Å². The van der Waals surface area contributed by atoms with Crippen molar-refractivity contribution in [1.82, 2.24) is 5.32 Å². The van der Waals surface area contributed by atoms with Crippen LogP contribution < -0.4 is 5.32 Å². The van der Waals surface area contributed by atoms with Crippen molar-refractivity contribution in [3.05, 3.63) is 73.2 Å². The molecule has 2 aromatic carbocycles. The molecule has 0 atom stereocenters. The topological polar surface area (TPSA) is 55.2 Å². The molecule has 0 aliphatic rings. The molecule has 0 saturated heterocycles. The highest BCUT2D eigenvalue weighted by Gasteiger charge is 2.09. The van der Waals surface area contributed by atoms with Crippen LogP contribution in [0.2, 0.25) is 5.02 Å². The highest BCUT2D eigenvalue weighted by atomic mass is 79.9. The number of non-ortho nitro benzene ring substituents is 1. The maximum atomic E-state index is 10.7. The Hall–Kier alpha value is -1.43. The molecule has 0 bridgehead atoms. The summed E-state index contributed by atoms with van der Waals surface area (Å²) in [6.07, 6.45) is 0. The average Bonchev–Trinajstić information content (AvgIpc) is 2.42. The maximum Gasteiger partial charge on any atom is 0.269 e. The molecule has 0 spiro atoms. The van der Waals surface area contributed by atoms with Crippen LogP contribution in [-0.4, -0.2) is 4.92 Å². The van der Waals surface area contributed by atoms with E-state index in [-0.39, 0.29) is 5.69 Å². The summed E-state index contributed by atoms with van der Waals surface area (Å²) in [6, 6.07) is 12.3. The molecule has 0 aliphatic carbocycles. The minimum atomic E-state index is -0.423. The number of nitrogens with one attached hydrogen (secondary N) is 1. The molecule has 0 unspecified atom stereocenters. The van der Waals surface area contributed by atoms with E-state index in [1.54, 1.807) is 6.07 Å². The number of rotatable bonds is 5. The molecule has 0 fully saturated rings. The summed E-state index contributed by atoms with van der Waals surface area (Å²) < 4.78 is 1.03. The van der Waals surface area contributed by atoms with Gasteiger partial charge in [0, 0.05) is 34.7 Å². The van der Waals surface area contributed by atoms with Gasteiger partial charge in [-0.1, -0.05) is 45.7 Å². The fourth-order valence-electron chi connectivity index (χ4n) is 1.78. The Balaban J connectivity index is 2.02. The zero-order chi connectivity index (χ0) is 14.5. The smallest absolute Gasteiger partial charge is 0.269 e. The molecule has 0 amide bonds. The summed E-state index contributed by atoms with van der Waals surface area (Å²) in [5.74, 6) is 0. The van der Waals surface area contributed by atoms with Crippen LogP contribution in [-0.2, 0) is 13.1 Å². The molecular formula is C14H12BrClN2O2. The highest BCUT2D eigenvalue weighted by molar-refractivity contribution is 9.10. The van der Waals surface area contributed by atoms with Crippen molar-refractivity contribution in [3.63, 3.8) is 0 Å². The third-order valence-electron chi connectivity index (χ3n) is 2.83. The van der Waals surface area contributed by atoms with E-state index in [0.29, 0.717) is 23.7 Å². The van der Waals surface area contributed by atoms with E-state index >= 15 is 0 Å². The SMILES string of the molecule is O=[N+]([O-])c1ccc(Cl)c(CNCc2ccccc2Br)c1. The van der Waals surface area contributed by atoms with Gasteiger partial charge in [-0.2, -0.15) is 0 Å². The third kappa shape index (κ3) is 3.79. The Morgan fingerprint density at radius 3 is 2.55 bits per heavy atom. The summed E-state index contributed by atoms with van der Waals surface area (Å²) in [5.41, 5.74) is 1.88. The first-order valence-electron chi connectivity index (χ1n) is 5.95. The molecule has 4 nitrogen and oxygen atoms in total. The van der Waals surface area contributed by atoms with E-state index < -0.39 is 4.92 Å². The minimum Gasteiger partial charge on any atom is -0.309 e. The summed E-state index contributed by atoms with van der Waals surface area (Å²) in [7, 11) is 0. The fraction of sp³-hybridized carbons (Fsp3) is 0.143. The van der Waals surface area contributed by atoms with Gasteiger partial charge >= 0.3 is 0 Å². The van der Waals surface area contributed by atoms with Crippen LogP contribution in [0.5, 0.6) is 0 Å². The molecule has 0 aliphatic heterocycles. The second-order valence-corrected chi connectivity index (χ2v) is 5.49. The van der Waals surface area contributed by atoms with E-state index in [1.165, 1.54) is 12.1 Å². The van der Waals surface area contributed by atoms with Crippen LogP contribution in [0.4, 0.5) is 5.69 Å². The summed E-state index contributed by atoms with van der Waals surface area (Å²) >= 11 is 9.51. The van der Waals surface area contributed by atoms with Gasteiger partial charge in [0.05, 0.1) is 4.92 Å². The summed E-state index contributed by atoms with van der Waals surface area (Å²) in [4.78, 5) is 10.3. The van der Waals surface area contributed by atoms with Crippen LogP contribution in [0.3, 0.4) is 0 Å². The lowest BCUT2D eigenvalue weighted by atomic mass is 10.2. The largest absolute Gasteiger partial charge is 0.309 e. The lowest BCUT2D eigenvalue weighted by molar-refractivity contribution is -0.384. The van der Waals surface area contributed by atoms with Crippen LogP contribution in [0.1, 0.15) is 11.1 Å². The molecule has 1 N–H and O–H groups in total. The Labute approximate surface area is 130 Å². The van der Waals surface area contributed by atoms with Crippen molar-refractivity contribution in [2.75, 3.05) is 0 Å². The predicted molar refractivity (Wildman–Crippen MR) is 82.8 cm³/mol. The van der Waals surface area contributed by atoms with Crippen molar-refractivity contribution in [3.8, 4) is 0 Å². The Kier molecular flexibility index (Phi) is 5.11. The number of hydrogen-bond donors (Lipinski definition) is 1. The van der Waals surface area contributed by atoms with Gasteiger partial charge in [-0.15, -0.1) is 0 Å². The van der Waals surface area contributed by atoms with Crippen LogP contribution >= 0.6 is 27.5 Å². The number of nitrogens with zero attached hydrogens (tertiary/aromatic N) is 1. The van der Waals surface area contributed by atoms with E-state index in [1.807, 2.05) is 24.3 Å². The first-order valence-corrected chi connectivity index (χ1v) is 7.12. The lowest BCUT2D eigenvalue weighted by Crippen LogP contribution is -2.13. The standard InChI is InChI=1S/C14H12BrClN2O2/c15-13-4-2-1-3-10(13)8-17-9-11-7-12(18(19)20)5-6-14(11)16/h1-7,17H,8-9H2. The van der Waals surface area contributed by atoms with Gasteiger partial charge in [0.25, 0.3) is 5.69 Å². The van der Waals surface area contributed by atoms with Crippen LogP contribution in [0, 0.1) is 10.1 Å². The normalized spacial score (nSPS) is 10.5. The Morgan fingerprint density at radius 1 is 1.15 bits per heavy atom. The minimum absolute atomic E-state index is 0.0482. The van der Waals surface area contributed by atoms with Crippen LogP contribution in [0.25, 0.3) is 0 Å². The number of nitro groups is 1. The molecule has 20 heavy (non-hydrogen) atoms. The van der Waals surface area contributed by atoms with Gasteiger partial charge in [0.2, 0.25) is 0 Å². The van der Waals surface area contributed by atoms with Gasteiger partial charge in [-0.3, -0.25) is 10.1 Å². The molecule has 6 heteroatoms. The molecular weight excluding hydrogens is 344 g/mol. The molecule has 0 heterocycles. The van der Waals surface area contributed by atoms with Gasteiger partial charge in [-0.05, 0) is 23.3 Å². The van der Waals surface area contributed by atoms with Crippen LogP contribution in [0.15, 0.2) is 46.9 Å². The second-order valence-electron chi connectivity index (χ2n) is 4.23. The van der Waals surface area contributed by atoms with Crippen molar-refractivity contribution < 1.29 is 4.92 Å². The van der Waals surface area contributed by atoms with E-state index in [9.17, 15) is 10.1 Å². The molecule has 2 aromatic rings. The third-order valence-corrected chi connectivity index (χ3v) is 3.97. The number of halogens is 2. The van der Waals surface area contributed by atoms with Gasteiger partial charge in [-0.25, -0.2) is 0 Å². The zero-order valence-electron chi connectivity index (χ0n) is 10.5. The number of nitro benzene ring substituents is 1. The molecule has 0 radical (unpaired) electrons. The van der Waals surface area contributed by atoms with E-state index in [2.05, 4.69) is 21.2 Å². The Morgan fingerprint density at radius 2 is 1.85 bits per heavy atom. The van der Waals surface area contributed by atoms with Gasteiger partial charge in [0.15, 0.2) is 0 Å². The highest BCUT2D eigenvalue weighted by Crippen LogP contribution is 2.22. The zero-order valence-corrected chi connectivity index (χ0v) is 12.8. The molecule has 2 rings (SSSR count). The molecule has 104 valence electrons. The van der Waals surface area contributed by atoms with Crippen molar-refractivity contribution in [1.29, 1.82) is 0 Å². The van der Waals surface area contributed by atoms with Crippen molar-refractivity contribution >= 4 is 33.2 Å². The monoisotopic (exact) mass is 354 g/mol. The maximum absolute atomic E-state index is 10.7. The van der Waals surface area contributed by atoms with Crippen molar-refractivity contribution in [2.45, 2.75) is 13.1 Å². The second kappa shape index (κ2) is 6.83.